The molecule has 5 heteroatoms. The van der Waals surface area contributed by atoms with Gasteiger partial charge in [-0.05, 0) is 18.4 Å². The minimum Gasteiger partial charge on any atom is -0.394 e. The van der Waals surface area contributed by atoms with Crippen LogP contribution in [0.2, 0.25) is 0 Å². The second kappa shape index (κ2) is 6.77. The Morgan fingerprint density at radius 1 is 1.18 bits per heavy atom. The van der Waals surface area contributed by atoms with Gasteiger partial charge in [0.2, 0.25) is 5.91 Å². The third-order valence-electron chi connectivity index (χ3n) is 4.78. The first-order valence-electron chi connectivity index (χ1n) is 7.91. The van der Waals surface area contributed by atoms with E-state index < -0.39 is 5.41 Å². The van der Waals surface area contributed by atoms with E-state index in [1.807, 2.05) is 35.2 Å². The van der Waals surface area contributed by atoms with E-state index in [1.54, 1.807) is 0 Å². The zero-order chi connectivity index (χ0) is 15.4. The maximum Gasteiger partial charge on any atom is 0.233 e. The smallest absolute Gasteiger partial charge is 0.233 e. The maximum atomic E-state index is 13.3. The number of carbonyl (C=O) groups is 1. The number of hydrogen-bond donors (Lipinski definition) is 1. The number of benzene rings is 1. The van der Waals surface area contributed by atoms with E-state index in [2.05, 4.69) is 0 Å². The maximum absolute atomic E-state index is 13.3. The van der Waals surface area contributed by atoms with Crippen LogP contribution in [-0.2, 0) is 19.7 Å². The van der Waals surface area contributed by atoms with Crippen LogP contribution in [0, 0.1) is 0 Å². The predicted octanol–water partition coefficient (Wildman–Crippen LogP) is 0.954. The van der Waals surface area contributed by atoms with Gasteiger partial charge in [-0.3, -0.25) is 4.79 Å². The summed E-state index contributed by atoms with van der Waals surface area (Å²) in [5, 5.41) is 9.56. The number of amides is 1. The highest BCUT2D eigenvalue weighted by Crippen LogP contribution is 2.37. The van der Waals surface area contributed by atoms with Gasteiger partial charge >= 0.3 is 0 Å². The van der Waals surface area contributed by atoms with E-state index in [0.717, 1.165) is 5.56 Å². The van der Waals surface area contributed by atoms with Crippen LogP contribution in [0.5, 0.6) is 0 Å². The average molecular weight is 305 g/mol. The van der Waals surface area contributed by atoms with Crippen molar-refractivity contribution >= 4 is 5.91 Å². The van der Waals surface area contributed by atoms with Gasteiger partial charge in [0.1, 0.15) is 0 Å². The summed E-state index contributed by atoms with van der Waals surface area (Å²) in [6.45, 7) is 2.60. The Bertz CT molecular complexity index is 499. The summed E-state index contributed by atoms with van der Waals surface area (Å²) < 4.78 is 10.9. The zero-order valence-electron chi connectivity index (χ0n) is 12.7. The van der Waals surface area contributed by atoms with Crippen LogP contribution in [0.25, 0.3) is 0 Å². The summed E-state index contributed by atoms with van der Waals surface area (Å²) in [5.74, 6) is 0.101. The molecule has 22 heavy (non-hydrogen) atoms. The Morgan fingerprint density at radius 3 is 2.59 bits per heavy atom. The molecule has 3 rings (SSSR count). The van der Waals surface area contributed by atoms with Crippen LogP contribution in [0.3, 0.4) is 0 Å². The number of ether oxygens (including phenoxy) is 2. The Kier molecular flexibility index (Phi) is 4.76. The average Bonchev–Trinajstić information content (AvgIpc) is 2.62. The molecule has 0 unspecified atom stereocenters. The van der Waals surface area contributed by atoms with Crippen molar-refractivity contribution in [3.05, 3.63) is 35.9 Å². The predicted molar refractivity (Wildman–Crippen MR) is 81.6 cm³/mol. The van der Waals surface area contributed by atoms with Gasteiger partial charge in [-0.25, -0.2) is 0 Å². The van der Waals surface area contributed by atoms with E-state index in [-0.39, 0.29) is 18.6 Å². The summed E-state index contributed by atoms with van der Waals surface area (Å²) in [5.41, 5.74) is 0.510. The topological polar surface area (TPSA) is 59.0 Å². The SMILES string of the molecule is O=C(N1CCOC[C@@H]1CO)C1(c2ccccc2)CCOCC1. The molecular formula is C17H23NO4. The highest BCUT2D eigenvalue weighted by Gasteiger charge is 2.45. The molecule has 2 heterocycles. The van der Waals surface area contributed by atoms with Crippen LogP contribution in [0.1, 0.15) is 18.4 Å². The lowest BCUT2D eigenvalue weighted by Crippen LogP contribution is -2.58. The monoisotopic (exact) mass is 305 g/mol. The molecule has 0 aliphatic carbocycles. The fourth-order valence-corrected chi connectivity index (χ4v) is 3.45. The van der Waals surface area contributed by atoms with E-state index >= 15 is 0 Å². The van der Waals surface area contributed by atoms with E-state index in [0.29, 0.717) is 45.8 Å². The molecule has 5 nitrogen and oxygen atoms in total. The largest absolute Gasteiger partial charge is 0.394 e. The van der Waals surface area contributed by atoms with Crippen LogP contribution < -0.4 is 0 Å². The van der Waals surface area contributed by atoms with Crippen molar-refractivity contribution in [1.29, 1.82) is 0 Å². The zero-order valence-corrected chi connectivity index (χ0v) is 12.7. The van der Waals surface area contributed by atoms with Crippen LogP contribution in [-0.4, -0.2) is 61.5 Å². The number of aliphatic hydroxyl groups excluding tert-OH is 1. The second-order valence-corrected chi connectivity index (χ2v) is 5.97. The molecule has 0 radical (unpaired) electrons. The Balaban J connectivity index is 1.93. The fraction of sp³-hybridized carbons (Fsp3) is 0.588. The molecule has 1 aromatic carbocycles. The lowest BCUT2D eigenvalue weighted by Gasteiger charge is -2.44. The molecule has 0 aromatic heterocycles. The Hall–Kier alpha value is -1.43. The molecule has 2 fully saturated rings. The Labute approximate surface area is 130 Å². The number of rotatable bonds is 3. The van der Waals surface area contributed by atoms with Crippen LogP contribution in [0.4, 0.5) is 0 Å². The second-order valence-electron chi connectivity index (χ2n) is 5.97. The van der Waals surface area contributed by atoms with Crippen molar-refractivity contribution < 1.29 is 19.4 Å². The minimum atomic E-state index is -0.537. The van der Waals surface area contributed by atoms with Crippen LogP contribution in [0.15, 0.2) is 30.3 Å². The summed E-state index contributed by atoms with van der Waals surface area (Å²) in [7, 11) is 0. The van der Waals surface area contributed by atoms with Crippen molar-refractivity contribution in [3.8, 4) is 0 Å². The quantitative estimate of drug-likeness (QED) is 0.903. The molecule has 120 valence electrons. The van der Waals surface area contributed by atoms with Gasteiger partial charge in [0, 0.05) is 19.8 Å². The fourth-order valence-electron chi connectivity index (χ4n) is 3.45. The van der Waals surface area contributed by atoms with Gasteiger partial charge in [0.25, 0.3) is 0 Å². The van der Waals surface area contributed by atoms with Crippen molar-refractivity contribution in [2.45, 2.75) is 24.3 Å². The molecule has 0 spiro atoms. The molecule has 2 aliphatic rings. The lowest BCUT2D eigenvalue weighted by atomic mass is 9.72. The third kappa shape index (κ3) is 2.76. The van der Waals surface area contributed by atoms with E-state index in [1.165, 1.54) is 0 Å². The van der Waals surface area contributed by atoms with E-state index in [9.17, 15) is 9.90 Å². The minimum absolute atomic E-state index is 0.0624. The van der Waals surface area contributed by atoms with Crippen molar-refractivity contribution in [1.82, 2.24) is 4.90 Å². The molecule has 1 atom stereocenters. The number of nitrogens with zero attached hydrogens (tertiary/aromatic N) is 1. The first-order valence-corrected chi connectivity index (χ1v) is 7.91. The van der Waals surface area contributed by atoms with Gasteiger partial charge in [-0.2, -0.15) is 0 Å². The number of hydrogen-bond acceptors (Lipinski definition) is 4. The number of aliphatic hydroxyl groups is 1. The van der Waals surface area contributed by atoms with E-state index in [4.69, 9.17) is 9.47 Å². The molecule has 1 N–H and O–H groups in total. The molecule has 0 saturated carbocycles. The standard InChI is InChI=1S/C17H23NO4/c19-12-15-13-22-11-8-18(15)16(20)17(6-9-21-10-7-17)14-4-2-1-3-5-14/h1-5,15,19H,6-13H2/t15-/m0/s1. The molecule has 0 bridgehead atoms. The van der Waals surface area contributed by atoms with Crippen molar-refractivity contribution in [3.63, 3.8) is 0 Å². The third-order valence-corrected chi connectivity index (χ3v) is 4.78. The lowest BCUT2D eigenvalue weighted by molar-refractivity contribution is -0.151. The van der Waals surface area contributed by atoms with Gasteiger partial charge in [-0.15, -0.1) is 0 Å². The highest BCUT2D eigenvalue weighted by atomic mass is 16.5. The normalized spacial score (nSPS) is 25.0. The first kappa shape index (κ1) is 15.5. The van der Waals surface area contributed by atoms with Crippen LogP contribution >= 0.6 is 0 Å². The molecule has 1 aromatic rings. The Morgan fingerprint density at radius 2 is 1.91 bits per heavy atom. The number of morpholine rings is 1. The molecule has 2 saturated heterocycles. The first-order chi connectivity index (χ1) is 10.8. The van der Waals surface area contributed by atoms with Gasteiger partial charge in [0.05, 0.1) is 31.3 Å². The van der Waals surface area contributed by atoms with Gasteiger partial charge in [0.15, 0.2) is 0 Å². The van der Waals surface area contributed by atoms with Crippen molar-refractivity contribution in [2.24, 2.45) is 0 Å². The number of carbonyl (C=O) groups excluding carboxylic acids is 1. The summed E-state index contributed by atoms with van der Waals surface area (Å²) in [6, 6.07) is 9.72. The summed E-state index contributed by atoms with van der Waals surface area (Å²) in [6.07, 6.45) is 1.37. The van der Waals surface area contributed by atoms with Gasteiger partial charge < -0.3 is 19.5 Å². The summed E-state index contributed by atoms with van der Waals surface area (Å²) >= 11 is 0. The molecule has 1 amide bonds. The highest BCUT2D eigenvalue weighted by molar-refractivity contribution is 5.88. The molecular weight excluding hydrogens is 282 g/mol. The van der Waals surface area contributed by atoms with Crippen molar-refractivity contribution in [2.75, 3.05) is 39.6 Å². The molecule has 2 aliphatic heterocycles. The van der Waals surface area contributed by atoms with Gasteiger partial charge in [-0.1, -0.05) is 30.3 Å². The summed E-state index contributed by atoms with van der Waals surface area (Å²) in [4.78, 5) is 15.2.